The molecule has 1 saturated heterocycles. The Balaban J connectivity index is 0.000000313. The highest BCUT2D eigenvalue weighted by molar-refractivity contribution is 7.84. The standard InChI is InChI=1S/C14H12N4OS.C5H11NO/c1-19-11-5-3-2-4-8(11)12-9(6-15)13(17)18-14(20)10(12)7-16;1-6-2-4-7-5-3-6/h2-5,12,18,20H,17H2,1H3;2-5H2,1H3. The fraction of sp³-hybridized carbons (Fsp3) is 0.368. The SMILES string of the molecule is CN1CCOCC1.COc1ccccc1C1C(C#N)=C(N)NC(S)=C1C#N. The first-order valence-corrected chi connectivity index (χ1v) is 8.87. The quantitative estimate of drug-likeness (QED) is 0.665. The first kappa shape index (κ1) is 20.7. The summed E-state index contributed by atoms with van der Waals surface area (Å²) in [5.41, 5.74) is 7.15. The van der Waals surface area contributed by atoms with Gasteiger partial charge in [-0.25, -0.2) is 0 Å². The van der Waals surface area contributed by atoms with Gasteiger partial charge in [0.15, 0.2) is 0 Å². The highest BCUT2D eigenvalue weighted by Crippen LogP contribution is 2.40. The van der Waals surface area contributed by atoms with Crippen LogP contribution < -0.4 is 15.8 Å². The summed E-state index contributed by atoms with van der Waals surface area (Å²) in [7, 11) is 3.65. The molecular weight excluding hydrogens is 362 g/mol. The van der Waals surface area contributed by atoms with Crippen LogP contribution >= 0.6 is 12.6 Å². The fourth-order valence-corrected chi connectivity index (χ4v) is 3.11. The number of methoxy groups -OCH3 is 1. The summed E-state index contributed by atoms with van der Waals surface area (Å²) in [6.45, 7) is 4.02. The third kappa shape index (κ3) is 4.95. The molecule has 2 aliphatic heterocycles. The van der Waals surface area contributed by atoms with Gasteiger partial charge in [0, 0.05) is 18.7 Å². The van der Waals surface area contributed by atoms with Crippen LogP contribution in [0.3, 0.4) is 0 Å². The highest BCUT2D eigenvalue weighted by atomic mass is 32.1. The largest absolute Gasteiger partial charge is 0.496 e. The molecule has 1 unspecified atom stereocenters. The predicted octanol–water partition coefficient (Wildman–Crippen LogP) is 1.69. The molecule has 0 spiro atoms. The number of ether oxygens (including phenoxy) is 2. The molecule has 3 N–H and O–H groups in total. The van der Waals surface area contributed by atoms with Gasteiger partial charge in [0.05, 0.1) is 54.6 Å². The van der Waals surface area contributed by atoms with E-state index in [2.05, 4.69) is 42.0 Å². The normalized spacial score (nSPS) is 20.0. The van der Waals surface area contributed by atoms with Crippen molar-refractivity contribution in [3.63, 3.8) is 0 Å². The second-order valence-electron chi connectivity index (χ2n) is 6.03. The third-order valence-corrected chi connectivity index (χ3v) is 4.65. The molecule has 0 aliphatic carbocycles. The number of nitrogens with two attached hydrogens (primary N) is 1. The molecular formula is C19H23N5O2S. The minimum Gasteiger partial charge on any atom is -0.496 e. The van der Waals surface area contributed by atoms with Gasteiger partial charge in [0.2, 0.25) is 0 Å². The van der Waals surface area contributed by atoms with Crippen molar-refractivity contribution >= 4 is 12.6 Å². The van der Waals surface area contributed by atoms with Gasteiger partial charge in [-0.05, 0) is 13.1 Å². The van der Waals surface area contributed by atoms with E-state index in [1.54, 1.807) is 12.1 Å². The van der Waals surface area contributed by atoms with E-state index in [-0.39, 0.29) is 11.4 Å². The van der Waals surface area contributed by atoms with E-state index >= 15 is 0 Å². The average Bonchev–Trinajstić information content (AvgIpc) is 2.68. The van der Waals surface area contributed by atoms with Gasteiger partial charge >= 0.3 is 0 Å². The topological polar surface area (TPSA) is 107 Å². The van der Waals surface area contributed by atoms with Gasteiger partial charge < -0.3 is 25.4 Å². The van der Waals surface area contributed by atoms with Crippen molar-refractivity contribution in [1.82, 2.24) is 10.2 Å². The maximum absolute atomic E-state index is 9.35. The average molecular weight is 385 g/mol. The second-order valence-corrected chi connectivity index (χ2v) is 6.48. The van der Waals surface area contributed by atoms with Crippen LogP contribution in [0.15, 0.2) is 46.3 Å². The van der Waals surface area contributed by atoms with Crippen LogP contribution in [0.4, 0.5) is 0 Å². The minimum atomic E-state index is -0.574. The van der Waals surface area contributed by atoms with Crippen LogP contribution in [0.2, 0.25) is 0 Å². The van der Waals surface area contributed by atoms with E-state index in [1.807, 2.05) is 12.1 Å². The number of para-hydroxylation sites is 1. The molecule has 0 bridgehead atoms. The number of hydrogen-bond acceptors (Lipinski definition) is 8. The molecule has 2 aliphatic rings. The van der Waals surface area contributed by atoms with Crippen molar-refractivity contribution in [2.24, 2.45) is 5.73 Å². The molecule has 27 heavy (non-hydrogen) atoms. The Morgan fingerprint density at radius 1 is 1.22 bits per heavy atom. The molecule has 0 saturated carbocycles. The number of nitrogens with one attached hydrogen (secondary N) is 1. The van der Waals surface area contributed by atoms with Crippen LogP contribution in [0.25, 0.3) is 0 Å². The lowest BCUT2D eigenvalue weighted by Gasteiger charge is -2.26. The van der Waals surface area contributed by atoms with E-state index < -0.39 is 5.92 Å². The Labute approximate surface area is 165 Å². The molecule has 0 aromatic heterocycles. The molecule has 8 heteroatoms. The Kier molecular flexibility index (Phi) is 7.56. The van der Waals surface area contributed by atoms with E-state index in [4.69, 9.17) is 15.2 Å². The maximum Gasteiger partial charge on any atom is 0.123 e. The Bertz CT molecular complexity index is 780. The number of benzene rings is 1. The lowest BCUT2D eigenvalue weighted by Crippen LogP contribution is -2.32. The number of morpholine rings is 1. The summed E-state index contributed by atoms with van der Waals surface area (Å²) in [5, 5.41) is 21.8. The van der Waals surface area contributed by atoms with Crippen molar-refractivity contribution in [2.45, 2.75) is 5.92 Å². The monoisotopic (exact) mass is 385 g/mol. The molecule has 0 radical (unpaired) electrons. The maximum atomic E-state index is 9.35. The van der Waals surface area contributed by atoms with Crippen molar-refractivity contribution in [3.05, 3.63) is 51.8 Å². The highest BCUT2D eigenvalue weighted by Gasteiger charge is 2.32. The summed E-state index contributed by atoms with van der Waals surface area (Å²) in [5.74, 6) is 0.219. The summed E-state index contributed by atoms with van der Waals surface area (Å²) < 4.78 is 10.4. The summed E-state index contributed by atoms with van der Waals surface area (Å²) in [6, 6.07) is 11.4. The van der Waals surface area contributed by atoms with E-state index in [9.17, 15) is 10.5 Å². The van der Waals surface area contributed by atoms with Gasteiger partial charge in [-0.1, -0.05) is 18.2 Å². The number of hydrogen-bond donors (Lipinski definition) is 3. The summed E-state index contributed by atoms with van der Waals surface area (Å²) in [6.07, 6.45) is 0. The zero-order valence-electron chi connectivity index (χ0n) is 15.4. The van der Waals surface area contributed by atoms with Crippen LogP contribution in [0, 0.1) is 22.7 Å². The molecule has 1 aromatic rings. The number of likely N-dealkylation sites (N-methyl/N-ethyl adjacent to an activating group) is 1. The number of rotatable bonds is 2. The van der Waals surface area contributed by atoms with E-state index in [1.165, 1.54) is 7.11 Å². The minimum absolute atomic E-state index is 0.201. The van der Waals surface area contributed by atoms with Crippen molar-refractivity contribution in [1.29, 1.82) is 10.5 Å². The molecule has 1 fully saturated rings. The zero-order valence-corrected chi connectivity index (χ0v) is 16.3. The lowest BCUT2D eigenvalue weighted by molar-refractivity contribution is 0.0503. The molecule has 0 amide bonds. The van der Waals surface area contributed by atoms with E-state index in [0.29, 0.717) is 21.9 Å². The van der Waals surface area contributed by atoms with Gasteiger partial charge in [-0.3, -0.25) is 0 Å². The Morgan fingerprint density at radius 2 is 1.85 bits per heavy atom. The van der Waals surface area contributed by atoms with Gasteiger partial charge in [0.1, 0.15) is 11.6 Å². The Morgan fingerprint density at radius 3 is 2.37 bits per heavy atom. The van der Waals surface area contributed by atoms with Crippen LogP contribution in [0.1, 0.15) is 11.5 Å². The molecule has 142 valence electrons. The van der Waals surface area contributed by atoms with Crippen molar-refractivity contribution < 1.29 is 9.47 Å². The lowest BCUT2D eigenvalue weighted by atomic mass is 9.83. The molecule has 1 atom stereocenters. The van der Waals surface area contributed by atoms with Crippen molar-refractivity contribution in [2.75, 3.05) is 40.5 Å². The van der Waals surface area contributed by atoms with Gasteiger partial charge in [0.25, 0.3) is 0 Å². The van der Waals surface area contributed by atoms with Crippen LogP contribution in [-0.2, 0) is 4.74 Å². The number of nitriles is 2. The molecule has 7 nitrogen and oxygen atoms in total. The first-order valence-electron chi connectivity index (χ1n) is 8.42. The first-order chi connectivity index (χ1) is 13.0. The molecule has 1 aromatic carbocycles. The van der Waals surface area contributed by atoms with Crippen molar-refractivity contribution in [3.8, 4) is 17.9 Å². The smallest absolute Gasteiger partial charge is 0.123 e. The summed E-state index contributed by atoms with van der Waals surface area (Å²) in [4.78, 5) is 2.27. The molecule has 2 heterocycles. The Hall–Kier alpha value is -2.65. The predicted molar refractivity (Wildman–Crippen MR) is 106 cm³/mol. The van der Waals surface area contributed by atoms with Crippen LogP contribution in [-0.4, -0.2) is 45.4 Å². The third-order valence-electron chi connectivity index (χ3n) is 4.30. The van der Waals surface area contributed by atoms with Gasteiger partial charge in [-0.15, -0.1) is 12.6 Å². The number of thiol groups is 1. The van der Waals surface area contributed by atoms with Gasteiger partial charge in [-0.2, -0.15) is 10.5 Å². The number of nitrogens with zero attached hydrogens (tertiary/aromatic N) is 3. The number of allylic oxidation sites excluding steroid dienone is 2. The number of dihydropyridines is 1. The molecule has 3 rings (SSSR count). The van der Waals surface area contributed by atoms with Crippen LogP contribution in [0.5, 0.6) is 5.75 Å². The zero-order chi connectivity index (χ0) is 19.8. The second kappa shape index (κ2) is 9.89. The summed E-state index contributed by atoms with van der Waals surface area (Å²) >= 11 is 4.23. The fourth-order valence-electron chi connectivity index (χ4n) is 2.81. The van der Waals surface area contributed by atoms with E-state index in [0.717, 1.165) is 26.3 Å².